The van der Waals surface area contributed by atoms with E-state index in [4.69, 9.17) is 8.85 Å². The van der Waals surface area contributed by atoms with E-state index in [0.29, 0.717) is 0 Å². The Balaban J connectivity index is 4.00. The Kier molecular flexibility index (Phi) is 9.19. The molecule has 0 saturated carbocycles. The minimum Gasteiger partial charge on any atom is -0.392 e. The van der Waals surface area contributed by atoms with Crippen LogP contribution in [0.25, 0.3) is 0 Å². The summed E-state index contributed by atoms with van der Waals surface area (Å²) >= 11 is 0. The molecule has 0 rings (SSSR count). The van der Waals surface area contributed by atoms with E-state index in [1.54, 1.807) is 0 Å². The van der Waals surface area contributed by atoms with Crippen molar-refractivity contribution in [3.63, 3.8) is 0 Å². The molecule has 3 heteroatoms. The van der Waals surface area contributed by atoms with Crippen LogP contribution in [0.15, 0.2) is 0 Å². The topological polar surface area (TPSA) is 18.5 Å². The Morgan fingerprint density at radius 2 is 1.29 bits per heavy atom. The van der Waals surface area contributed by atoms with E-state index < -0.39 is 8.56 Å². The SMILES string of the molecule is CCCCCCC[Si](C)(OC(C)C)OC(C)C. The van der Waals surface area contributed by atoms with Gasteiger partial charge in [-0.25, -0.2) is 0 Å². The summed E-state index contributed by atoms with van der Waals surface area (Å²) in [7, 11) is -1.94. The van der Waals surface area contributed by atoms with Gasteiger partial charge in [-0.2, -0.15) is 0 Å². The van der Waals surface area contributed by atoms with Crippen molar-refractivity contribution < 1.29 is 8.85 Å². The van der Waals surface area contributed by atoms with Crippen LogP contribution in [0.2, 0.25) is 12.6 Å². The van der Waals surface area contributed by atoms with Gasteiger partial charge in [0.2, 0.25) is 0 Å². The lowest BCUT2D eigenvalue weighted by atomic mass is 10.2. The van der Waals surface area contributed by atoms with Gasteiger partial charge >= 0.3 is 8.56 Å². The molecule has 0 radical (unpaired) electrons. The third-order valence-electron chi connectivity index (χ3n) is 2.70. The summed E-state index contributed by atoms with van der Waals surface area (Å²) in [5.41, 5.74) is 0. The Labute approximate surface area is 109 Å². The predicted octanol–water partition coefficient (Wildman–Crippen LogP) is 4.88. The standard InChI is InChI=1S/C14H32O2Si/c1-7-8-9-10-11-12-17(6,15-13(2)3)16-14(4)5/h13-14H,7-12H2,1-6H3. The molecular formula is C14H32O2Si. The van der Waals surface area contributed by atoms with Crippen molar-refractivity contribution in [3.8, 4) is 0 Å². The van der Waals surface area contributed by atoms with Crippen molar-refractivity contribution in [3.05, 3.63) is 0 Å². The van der Waals surface area contributed by atoms with Gasteiger partial charge in [-0.3, -0.25) is 0 Å². The molecule has 0 aromatic heterocycles. The van der Waals surface area contributed by atoms with Crippen LogP contribution < -0.4 is 0 Å². The maximum atomic E-state index is 6.07. The average molecular weight is 260 g/mol. The van der Waals surface area contributed by atoms with Gasteiger partial charge in [-0.15, -0.1) is 0 Å². The van der Waals surface area contributed by atoms with Gasteiger partial charge in [0.25, 0.3) is 0 Å². The van der Waals surface area contributed by atoms with Gasteiger partial charge in [0, 0.05) is 12.2 Å². The van der Waals surface area contributed by atoms with Crippen LogP contribution in [0.1, 0.15) is 66.7 Å². The molecule has 0 aromatic rings. The molecule has 0 aliphatic rings. The van der Waals surface area contributed by atoms with Crippen molar-refractivity contribution in [2.24, 2.45) is 0 Å². The van der Waals surface area contributed by atoms with E-state index in [9.17, 15) is 0 Å². The van der Waals surface area contributed by atoms with E-state index >= 15 is 0 Å². The maximum Gasteiger partial charge on any atom is 0.335 e. The van der Waals surface area contributed by atoms with Crippen LogP contribution in [-0.2, 0) is 8.85 Å². The van der Waals surface area contributed by atoms with Gasteiger partial charge < -0.3 is 8.85 Å². The van der Waals surface area contributed by atoms with Crippen molar-refractivity contribution >= 4 is 8.56 Å². The molecule has 0 heterocycles. The second kappa shape index (κ2) is 9.12. The van der Waals surface area contributed by atoms with E-state index in [2.05, 4.69) is 41.2 Å². The molecule has 0 unspecified atom stereocenters. The molecule has 0 saturated heterocycles. The molecule has 0 spiro atoms. The van der Waals surface area contributed by atoms with Crippen molar-refractivity contribution in [2.75, 3.05) is 0 Å². The molecule has 0 amide bonds. The molecule has 0 fully saturated rings. The van der Waals surface area contributed by atoms with Crippen LogP contribution in [0.4, 0.5) is 0 Å². The Morgan fingerprint density at radius 3 is 1.71 bits per heavy atom. The van der Waals surface area contributed by atoms with Gasteiger partial charge in [-0.05, 0) is 40.3 Å². The number of unbranched alkanes of at least 4 members (excludes halogenated alkanes) is 4. The fourth-order valence-corrected chi connectivity index (χ4v) is 5.37. The third kappa shape index (κ3) is 9.80. The highest BCUT2D eigenvalue weighted by Crippen LogP contribution is 2.21. The average Bonchev–Trinajstić information content (AvgIpc) is 2.14. The van der Waals surface area contributed by atoms with E-state index in [1.165, 1.54) is 32.1 Å². The predicted molar refractivity (Wildman–Crippen MR) is 77.6 cm³/mol. The first-order valence-corrected chi connectivity index (χ1v) is 9.77. The van der Waals surface area contributed by atoms with E-state index in [0.717, 1.165) is 6.04 Å². The molecule has 0 bridgehead atoms. The minimum atomic E-state index is -1.94. The van der Waals surface area contributed by atoms with Crippen LogP contribution in [0.5, 0.6) is 0 Å². The van der Waals surface area contributed by atoms with Gasteiger partial charge in [0.05, 0.1) is 0 Å². The second-order valence-electron chi connectivity index (χ2n) is 5.63. The highest BCUT2D eigenvalue weighted by Gasteiger charge is 2.33. The summed E-state index contributed by atoms with van der Waals surface area (Å²) in [6.07, 6.45) is 7.14. The molecule has 17 heavy (non-hydrogen) atoms. The van der Waals surface area contributed by atoms with Crippen molar-refractivity contribution in [1.82, 2.24) is 0 Å². The van der Waals surface area contributed by atoms with Crippen molar-refractivity contribution in [1.29, 1.82) is 0 Å². The number of hydrogen-bond donors (Lipinski definition) is 0. The van der Waals surface area contributed by atoms with Crippen LogP contribution in [0, 0.1) is 0 Å². The van der Waals surface area contributed by atoms with Crippen LogP contribution >= 0.6 is 0 Å². The first-order chi connectivity index (χ1) is 7.89. The zero-order valence-corrected chi connectivity index (χ0v) is 13.7. The molecule has 0 aliphatic carbocycles. The number of hydrogen-bond acceptors (Lipinski definition) is 2. The molecule has 104 valence electrons. The van der Waals surface area contributed by atoms with E-state index in [-0.39, 0.29) is 12.2 Å². The third-order valence-corrected chi connectivity index (χ3v) is 5.91. The maximum absolute atomic E-state index is 6.07. The highest BCUT2D eigenvalue weighted by atomic mass is 28.4. The zero-order chi connectivity index (χ0) is 13.3. The lowest BCUT2D eigenvalue weighted by molar-refractivity contribution is 0.109. The Bertz CT molecular complexity index is 171. The first kappa shape index (κ1) is 17.1. The first-order valence-electron chi connectivity index (χ1n) is 7.25. The van der Waals surface area contributed by atoms with Gasteiger partial charge in [0.1, 0.15) is 0 Å². The van der Waals surface area contributed by atoms with Crippen LogP contribution in [-0.4, -0.2) is 20.8 Å². The normalized spacial score (nSPS) is 12.7. The van der Waals surface area contributed by atoms with Gasteiger partial charge in [-0.1, -0.05) is 39.0 Å². The fourth-order valence-electron chi connectivity index (χ4n) is 2.19. The summed E-state index contributed by atoms with van der Waals surface area (Å²) in [6, 6.07) is 1.13. The summed E-state index contributed by atoms with van der Waals surface area (Å²) in [6.45, 7) is 12.9. The summed E-state index contributed by atoms with van der Waals surface area (Å²) in [5.74, 6) is 0. The highest BCUT2D eigenvalue weighted by molar-refractivity contribution is 6.66. The summed E-state index contributed by atoms with van der Waals surface area (Å²) in [5, 5.41) is 0. The minimum absolute atomic E-state index is 0.279. The smallest absolute Gasteiger partial charge is 0.335 e. The van der Waals surface area contributed by atoms with Crippen molar-refractivity contribution in [2.45, 2.75) is 91.5 Å². The molecule has 0 aliphatic heterocycles. The van der Waals surface area contributed by atoms with Crippen LogP contribution in [0.3, 0.4) is 0 Å². The fraction of sp³-hybridized carbons (Fsp3) is 1.00. The summed E-state index contributed by atoms with van der Waals surface area (Å²) < 4.78 is 12.1. The lowest BCUT2D eigenvalue weighted by Gasteiger charge is -2.31. The van der Waals surface area contributed by atoms with Gasteiger partial charge in [0.15, 0.2) is 0 Å². The quantitative estimate of drug-likeness (QED) is 0.412. The monoisotopic (exact) mass is 260 g/mol. The zero-order valence-electron chi connectivity index (χ0n) is 12.7. The lowest BCUT2D eigenvalue weighted by Crippen LogP contribution is -2.42. The molecule has 0 atom stereocenters. The molecule has 0 N–H and O–H groups in total. The van der Waals surface area contributed by atoms with E-state index in [1.807, 2.05) is 0 Å². The molecular weight excluding hydrogens is 228 g/mol. The Morgan fingerprint density at radius 1 is 0.824 bits per heavy atom. The second-order valence-corrected chi connectivity index (χ2v) is 8.87. The molecule has 2 nitrogen and oxygen atoms in total. The largest absolute Gasteiger partial charge is 0.392 e. The summed E-state index contributed by atoms with van der Waals surface area (Å²) in [4.78, 5) is 0. The molecule has 0 aromatic carbocycles. The Hall–Kier alpha value is 0.137. The number of rotatable bonds is 10.